The third-order valence-electron chi connectivity index (χ3n) is 10.6. The topological polar surface area (TPSA) is 142 Å². The summed E-state index contributed by atoms with van der Waals surface area (Å²) in [6, 6.07) is 30.3. The van der Waals surface area contributed by atoms with Crippen molar-refractivity contribution in [3.8, 4) is 0 Å². The third kappa shape index (κ3) is 31.0. The summed E-state index contributed by atoms with van der Waals surface area (Å²) >= 11 is 0. The second-order valence-corrected chi connectivity index (χ2v) is 23.2. The van der Waals surface area contributed by atoms with Gasteiger partial charge in [-0.25, -0.2) is 29.9 Å². The van der Waals surface area contributed by atoms with E-state index in [-0.39, 0.29) is 21.7 Å². The number of aromatic nitrogens is 11. The summed E-state index contributed by atoms with van der Waals surface area (Å²) in [6.07, 6.45) is 24.9. The molecule has 0 bridgehead atoms. The lowest BCUT2D eigenvalue weighted by Gasteiger charge is -2.17. The Balaban J connectivity index is 0.000000434. The van der Waals surface area contributed by atoms with E-state index in [2.05, 4.69) is 230 Å². The molecule has 0 radical (unpaired) electrons. The molecule has 0 aliphatic heterocycles. The van der Waals surface area contributed by atoms with Crippen molar-refractivity contribution in [3.63, 3.8) is 0 Å². The molecule has 0 N–H and O–H groups in total. The molecule has 0 amide bonds. The fourth-order valence-corrected chi connectivity index (χ4v) is 5.76. The maximum absolute atomic E-state index is 4.25. The van der Waals surface area contributed by atoms with Crippen molar-refractivity contribution < 1.29 is 0 Å². The molecule has 76 heavy (non-hydrogen) atoms. The molecule has 7 aromatic heterocycles. The van der Waals surface area contributed by atoms with E-state index < -0.39 is 0 Å². The summed E-state index contributed by atoms with van der Waals surface area (Å²) in [5, 5.41) is 0. The molecule has 1 aromatic carbocycles. The molecule has 0 unspecified atom stereocenters. The molecule has 11 nitrogen and oxygen atoms in total. The van der Waals surface area contributed by atoms with Gasteiger partial charge in [-0.1, -0.05) is 187 Å². The van der Waals surface area contributed by atoms with Gasteiger partial charge < -0.3 is 0 Å². The lowest BCUT2D eigenvalue weighted by molar-refractivity contribution is 0.545. The van der Waals surface area contributed by atoms with Crippen molar-refractivity contribution in [3.05, 3.63) is 223 Å². The van der Waals surface area contributed by atoms with Crippen LogP contribution in [0.25, 0.3) is 0 Å². The van der Waals surface area contributed by atoms with Crippen molar-refractivity contribution in [1.29, 1.82) is 0 Å². The van der Waals surface area contributed by atoms with Crippen LogP contribution in [0.2, 0.25) is 0 Å². The number of benzene rings is 1. The predicted octanol–water partition coefficient (Wildman–Crippen LogP) is 16.5. The first kappa shape index (κ1) is 67.0. The van der Waals surface area contributed by atoms with Gasteiger partial charge in [0.1, 0.15) is 18.0 Å². The van der Waals surface area contributed by atoms with Gasteiger partial charge in [0, 0.05) is 109 Å². The summed E-state index contributed by atoms with van der Waals surface area (Å²) in [5.74, 6) is 3.94. The molecule has 8 rings (SSSR count). The van der Waals surface area contributed by atoms with Gasteiger partial charge in [0.15, 0.2) is 0 Å². The van der Waals surface area contributed by atoms with Gasteiger partial charge in [0.2, 0.25) is 0 Å². The van der Waals surface area contributed by atoms with Crippen LogP contribution in [0.4, 0.5) is 0 Å². The molecule has 7 heterocycles. The summed E-state index contributed by atoms with van der Waals surface area (Å²) in [5.41, 5.74) is 7.89. The van der Waals surface area contributed by atoms with E-state index in [1.54, 1.807) is 55.9 Å². The van der Waals surface area contributed by atoms with Gasteiger partial charge in [0.25, 0.3) is 0 Å². The second-order valence-electron chi connectivity index (χ2n) is 23.2. The fourth-order valence-electron chi connectivity index (χ4n) is 5.76. The zero-order chi connectivity index (χ0) is 57.2. The van der Waals surface area contributed by atoms with Gasteiger partial charge in [-0.05, 0) is 87.7 Å². The Morgan fingerprint density at radius 1 is 0.303 bits per heavy atom. The molecule has 0 spiro atoms. The van der Waals surface area contributed by atoms with Crippen molar-refractivity contribution in [2.75, 3.05) is 0 Å². The van der Waals surface area contributed by atoms with Crippen LogP contribution >= 0.6 is 0 Å². The van der Waals surface area contributed by atoms with Gasteiger partial charge >= 0.3 is 0 Å². The van der Waals surface area contributed by atoms with Crippen LogP contribution < -0.4 is 0 Å². The second kappa shape index (κ2) is 35.3. The van der Waals surface area contributed by atoms with Crippen molar-refractivity contribution in [1.82, 2.24) is 54.8 Å². The van der Waals surface area contributed by atoms with E-state index in [1.807, 2.05) is 85.6 Å². The highest BCUT2D eigenvalue weighted by Gasteiger charge is 2.16. The monoisotopic (exact) mass is 1030 g/mol. The van der Waals surface area contributed by atoms with Crippen LogP contribution in [0.1, 0.15) is 208 Å². The van der Waals surface area contributed by atoms with Crippen molar-refractivity contribution in [2.45, 2.75) is 184 Å². The predicted molar refractivity (Wildman–Crippen MR) is 318 cm³/mol. The van der Waals surface area contributed by atoms with Crippen LogP contribution in [-0.4, -0.2) is 54.8 Å². The molecule has 11 heteroatoms. The van der Waals surface area contributed by atoms with Crippen LogP contribution in [0, 0.1) is 0 Å². The normalized spacial score (nSPS) is 10.8. The van der Waals surface area contributed by atoms with Crippen LogP contribution in [0.5, 0.6) is 0 Å². The van der Waals surface area contributed by atoms with Crippen molar-refractivity contribution in [2.24, 2.45) is 0 Å². The maximum atomic E-state index is 4.25. The molecule has 0 aliphatic rings. The molecule has 8 aromatic rings. The Kier molecular flexibility index (Phi) is 31.1. The quantitative estimate of drug-likeness (QED) is 0.166. The van der Waals surface area contributed by atoms with E-state index in [1.165, 1.54) is 16.7 Å². The van der Waals surface area contributed by atoms with E-state index in [4.69, 9.17) is 0 Å². The Morgan fingerprint density at radius 2 is 0.776 bits per heavy atom. The molecule has 0 atom stereocenters. The van der Waals surface area contributed by atoms with E-state index in [0.717, 1.165) is 28.7 Å². The maximum Gasteiger partial charge on any atom is 0.133 e. The number of hydrogen-bond donors (Lipinski definition) is 0. The molecule has 0 saturated heterocycles. The zero-order valence-corrected chi connectivity index (χ0v) is 50.0. The summed E-state index contributed by atoms with van der Waals surface area (Å²) in [4.78, 5) is 44.8. The first-order chi connectivity index (χ1) is 35.6. The molecule has 0 aliphatic carbocycles. The number of rotatable bonds is 4. The average Bonchev–Trinajstić information content (AvgIpc) is 3.41. The molecular weight excluding hydrogens is 935 g/mol. The number of nitrogens with zero attached hydrogens (tertiary/aromatic N) is 11. The van der Waals surface area contributed by atoms with E-state index >= 15 is 0 Å². The first-order valence-corrected chi connectivity index (χ1v) is 26.5. The van der Waals surface area contributed by atoms with E-state index in [9.17, 15) is 0 Å². The summed E-state index contributed by atoms with van der Waals surface area (Å²) < 4.78 is 0. The van der Waals surface area contributed by atoms with Gasteiger partial charge in [-0.2, -0.15) is 0 Å². The van der Waals surface area contributed by atoms with E-state index in [0.29, 0.717) is 23.7 Å². The smallest absolute Gasteiger partial charge is 0.133 e. The summed E-state index contributed by atoms with van der Waals surface area (Å²) in [7, 11) is 0. The fraction of sp³-hybridized carbons (Fsp3) is 0.431. The Hall–Kier alpha value is -7.01. The number of hydrogen-bond acceptors (Lipinski definition) is 11. The Morgan fingerprint density at radius 3 is 1.07 bits per heavy atom. The van der Waals surface area contributed by atoms with Gasteiger partial charge in [-0.3, -0.25) is 24.9 Å². The lowest BCUT2D eigenvalue weighted by atomic mass is 9.88. The standard InChI is InChI=1S/2C9H13N.C9H12.2C8H12N2.C8H11N.2C7H10N2/c1-9(2,3)8-5-4-6-10-7-8;1-9(2,3)8-6-4-5-7-10-8;1-8(2)9-6-4-3-5-7-9;1-8(2,3)7-4-9-6-10-5-7;1-8(2,3)7-9-5-4-6-10-7;1-7(2)8-5-3-4-6-9-8;1-6(2)7-5-8-3-4-9-7;1-6(2)7-8-4-3-5-9-7/h2*4-7H,1-3H3;3-8H,1-2H3;2*4-6H,1-3H3;3-7H,1-2H3;2*3-6H,1-2H3. The van der Waals surface area contributed by atoms with Crippen LogP contribution in [-0.2, 0) is 21.7 Å². The molecular formula is C65H93N11. The third-order valence-corrected chi connectivity index (χ3v) is 10.6. The lowest BCUT2D eigenvalue weighted by Crippen LogP contribution is -2.14. The minimum Gasteiger partial charge on any atom is -0.264 e. The SMILES string of the molecule is CC(C)(C)c1ccccn1.CC(C)(C)c1cccnc1.CC(C)(C)c1cncnc1.CC(C)(C)c1ncccn1.CC(C)c1ccccc1.CC(C)c1ccccn1.CC(C)c1cnccn1.CC(C)c1ncccn1. The number of pyridine rings is 3. The van der Waals surface area contributed by atoms with Gasteiger partial charge in [-0.15, -0.1) is 0 Å². The molecule has 0 saturated carbocycles. The Labute approximate surface area is 460 Å². The highest BCUT2D eigenvalue weighted by atomic mass is 14.9. The summed E-state index contributed by atoms with van der Waals surface area (Å²) in [6.45, 7) is 42.8. The Bertz CT molecular complexity index is 2200. The molecule has 408 valence electrons. The van der Waals surface area contributed by atoms with Crippen molar-refractivity contribution >= 4 is 0 Å². The zero-order valence-electron chi connectivity index (χ0n) is 50.0. The minimum absolute atomic E-state index is 0.0707. The largest absolute Gasteiger partial charge is 0.264 e. The highest BCUT2D eigenvalue weighted by molar-refractivity contribution is 5.19. The van der Waals surface area contributed by atoms with Crippen LogP contribution in [0.15, 0.2) is 178 Å². The van der Waals surface area contributed by atoms with Crippen LogP contribution in [0.3, 0.4) is 0 Å². The average molecular weight is 1030 g/mol. The highest BCUT2D eigenvalue weighted by Crippen LogP contribution is 2.21. The van der Waals surface area contributed by atoms with Gasteiger partial charge in [0.05, 0.1) is 5.69 Å². The minimum atomic E-state index is 0.0707. The molecule has 0 fully saturated rings. The first-order valence-electron chi connectivity index (χ1n) is 26.5.